The summed E-state index contributed by atoms with van der Waals surface area (Å²) in [6.07, 6.45) is 6.54. The number of hydrogen-bond acceptors (Lipinski definition) is 5. The van der Waals surface area contributed by atoms with Crippen LogP contribution in [0.25, 0.3) is 17.1 Å². The molecule has 0 saturated heterocycles. The van der Waals surface area contributed by atoms with E-state index in [2.05, 4.69) is 15.5 Å². The predicted molar refractivity (Wildman–Crippen MR) is 95.8 cm³/mol. The van der Waals surface area contributed by atoms with Gasteiger partial charge in [-0.1, -0.05) is 23.9 Å². The minimum atomic E-state index is -0.185. The van der Waals surface area contributed by atoms with Crippen LogP contribution >= 0.6 is 11.8 Å². The van der Waals surface area contributed by atoms with Gasteiger partial charge in [0.1, 0.15) is 5.76 Å². The largest absolute Gasteiger partial charge is 0.465 e. The Morgan fingerprint density at radius 3 is 3.04 bits per heavy atom. The number of carbonyl (C=O) groups excluding carboxylic acids is 1. The number of benzene rings is 1. The zero-order chi connectivity index (χ0) is 16.8. The first-order chi connectivity index (χ1) is 11.7. The van der Waals surface area contributed by atoms with Crippen molar-refractivity contribution in [3.63, 3.8) is 0 Å². The Morgan fingerprint density at radius 1 is 1.38 bits per heavy atom. The van der Waals surface area contributed by atoms with Gasteiger partial charge in [-0.05, 0) is 36.4 Å². The molecule has 0 atom stereocenters. The number of thioether (sulfide) groups is 1. The number of allylic oxidation sites excluding steroid dienone is 1. The highest BCUT2D eigenvalue weighted by Gasteiger charge is 2.09. The molecule has 0 spiro atoms. The average Bonchev–Trinajstić information content (AvgIpc) is 3.21. The summed E-state index contributed by atoms with van der Waals surface area (Å²) in [4.78, 5) is 16.3. The SMILES string of the molecule is Cn1c(SCC(=O)N/N=C\C=C/c2ccco2)nc2ccccc21. The van der Waals surface area contributed by atoms with E-state index in [1.54, 1.807) is 24.5 Å². The molecule has 0 aliphatic heterocycles. The fourth-order valence-electron chi connectivity index (χ4n) is 2.09. The van der Waals surface area contributed by atoms with E-state index in [1.807, 2.05) is 41.9 Å². The van der Waals surface area contributed by atoms with Crippen LogP contribution in [-0.2, 0) is 11.8 Å². The fraction of sp³-hybridized carbons (Fsp3) is 0.118. The molecule has 0 bridgehead atoms. The molecule has 1 N–H and O–H groups in total. The first-order valence-electron chi connectivity index (χ1n) is 7.30. The van der Waals surface area contributed by atoms with Crippen LogP contribution in [0.3, 0.4) is 0 Å². The van der Waals surface area contributed by atoms with Crippen LogP contribution in [0.4, 0.5) is 0 Å². The van der Waals surface area contributed by atoms with Gasteiger partial charge in [0.05, 0.1) is 23.0 Å². The lowest BCUT2D eigenvalue weighted by atomic mass is 10.3. The zero-order valence-electron chi connectivity index (χ0n) is 13.0. The normalized spacial score (nSPS) is 11.7. The highest BCUT2D eigenvalue weighted by Crippen LogP contribution is 2.22. The van der Waals surface area contributed by atoms with Gasteiger partial charge in [0.25, 0.3) is 5.91 Å². The molecule has 7 heteroatoms. The predicted octanol–water partition coefficient (Wildman–Crippen LogP) is 3.07. The number of hydrazone groups is 1. The Hall–Kier alpha value is -2.80. The van der Waals surface area contributed by atoms with Crippen molar-refractivity contribution in [2.75, 3.05) is 5.75 Å². The highest BCUT2D eigenvalue weighted by atomic mass is 32.2. The van der Waals surface area contributed by atoms with E-state index in [0.29, 0.717) is 0 Å². The minimum Gasteiger partial charge on any atom is -0.465 e. The van der Waals surface area contributed by atoms with E-state index < -0.39 is 0 Å². The van der Waals surface area contributed by atoms with E-state index in [4.69, 9.17) is 4.42 Å². The summed E-state index contributed by atoms with van der Waals surface area (Å²) in [7, 11) is 1.94. The molecule has 0 fully saturated rings. The number of carbonyl (C=O) groups is 1. The lowest BCUT2D eigenvalue weighted by molar-refractivity contribution is -0.118. The Kier molecular flexibility index (Phi) is 5.12. The number of imidazole rings is 1. The van der Waals surface area contributed by atoms with Crippen molar-refractivity contribution in [2.45, 2.75) is 5.16 Å². The molecule has 0 saturated carbocycles. The molecule has 122 valence electrons. The summed E-state index contributed by atoms with van der Waals surface area (Å²) in [6.45, 7) is 0. The second kappa shape index (κ2) is 7.65. The molecular formula is C17H16N4O2S. The number of hydrogen-bond donors (Lipinski definition) is 1. The first kappa shape index (κ1) is 16.1. The first-order valence-corrected chi connectivity index (χ1v) is 8.29. The van der Waals surface area contributed by atoms with Crippen LogP contribution in [0, 0.1) is 0 Å². The van der Waals surface area contributed by atoms with Gasteiger partial charge < -0.3 is 8.98 Å². The van der Waals surface area contributed by atoms with E-state index in [9.17, 15) is 4.79 Å². The number of rotatable bonds is 6. The molecular weight excluding hydrogens is 324 g/mol. The maximum atomic E-state index is 11.8. The van der Waals surface area contributed by atoms with Crippen LogP contribution in [0.5, 0.6) is 0 Å². The lowest BCUT2D eigenvalue weighted by Gasteiger charge is -2.01. The fourth-order valence-corrected chi connectivity index (χ4v) is 2.87. The molecule has 2 aromatic heterocycles. The van der Waals surface area contributed by atoms with Gasteiger partial charge in [-0.15, -0.1) is 0 Å². The van der Waals surface area contributed by atoms with Gasteiger partial charge >= 0.3 is 0 Å². The van der Waals surface area contributed by atoms with Crippen molar-refractivity contribution in [2.24, 2.45) is 12.1 Å². The minimum absolute atomic E-state index is 0.185. The molecule has 6 nitrogen and oxygen atoms in total. The Bertz CT molecular complexity index is 881. The maximum Gasteiger partial charge on any atom is 0.250 e. The van der Waals surface area contributed by atoms with Crippen LogP contribution in [0.15, 0.2) is 63.4 Å². The van der Waals surface area contributed by atoms with E-state index in [1.165, 1.54) is 18.0 Å². The molecule has 1 aromatic carbocycles. The van der Waals surface area contributed by atoms with Gasteiger partial charge in [0.15, 0.2) is 5.16 Å². The molecule has 3 aromatic rings. The van der Waals surface area contributed by atoms with E-state index in [0.717, 1.165) is 22.0 Å². The van der Waals surface area contributed by atoms with Crippen molar-refractivity contribution >= 4 is 41.0 Å². The monoisotopic (exact) mass is 340 g/mol. The van der Waals surface area contributed by atoms with E-state index >= 15 is 0 Å². The maximum absolute atomic E-state index is 11.8. The second-order valence-corrected chi connectivity index (χ2v) is 5.86. The Labute approximate surface area is 143 Å². The number of nitrogens with one attached hydrogen (secondary N) is 1. The van der Waals surface area contributed by atoms with Crippen LogP contribution in [-0.4, -0.2) is 27.4 Å². The van der Waals surface area contributed by atoms with Gasteiger partial charge in [-0.2, -0.15) is 5.10 Å². The van der Waals surface area contributed by atoms with Crippen molar-refractivity contribution in [3.05, 3.63) is 54.5 Å². The quantitative estimate of drug-likeness (QED) is 0.425. The average molecular weight is 340 g/mol. The lowest BCUT2D eigenvalue weighted by Crippen LogP contribution is -2.19. The summed E-state index contributed by atoms with van der Waals surface area (Å²) >= 11 is 1.38. The smallest absolute Gasteiger partial charge is 0.250 e. The topological polar surface area (TPSA) is 72.4 Å². The molecule has 0 unspecified atom stereocenters. The molecule has 3 rings (SSSR count). The van der Waals surface area contributed by atoms with Crippen LogP contribution < -0.4 is 5.43 Å². The standard InChI is InChI=1S/C17H16N4O2S/c1-21-15-9-3-2-8-14(15)19-17(21)24-12-16(22)20-18-10-4-6-13-7-5-11-23-13/h2-11H,12H2,1H3,(H,20,22)/b6-4-,18-10-. The van der Waals surface area contributed by atoms with Gasteiger partial charge in [0, 0.05) is 13.3 Å². The highest BCUT2D eigenvalue weighted by molar-refractivity contribution is 7.99. The third-order valence-electron chi connectivity index (χ3n) is 3.23. The van der Waals surface area contributed by atoms with E-state index in [-0.39, 0.29) is 11.7 Å². The third-order valence-corrected chi connectivity index (χ3v) is 4.26. The van der Waals surface area contributed by atoms with Crippen LogP contribution in [0.1, 0.15) is 5.76 Å². The van der Waals surface area contributed by atoms with Crippen LogP contribution in [0.2, 0.25) is 0 Å². The Morgan fingerprint density at radius 2 is 2.25 bits per heavy atom. The van der Waals surface area contributed by atoms with Crippen molar-refractivity contribution in [1.82, 2.24) is 15.0 Å². The molecule has 0 radical (unpaired) electrons. The number of aryl methyl sites for hydroxylation is 1. The van der Waals surface area contributed by atoms with Gasteiger partial charge in [-0.3, -0.25) is 4.79 Å². The molecule has 0 aliphatic carbocycles. The Balaban J connectivity index is 1.49. The van der Waals surface area contributed by atoms with Gasteiger partial charge in [0.2, 0.25) is 0 Å². The summed E-state index contributed by atoms with van der Waals surface area (Å²) in [5, 5.41) is 4.65. The molecule has 2 heterocycles. The number of para-hydroxylation sites is 2. The third kappa shape index (κ3) is 3.94. The summed E-state index contributed by atoms with van der Waals surface area (Å²) < 4.78 is 7.11. The number of fused-ring (bicyclic) bond motifs is 1. The summed E-state index contributed by atoms with van der Waals surface area (Å²) in [6, 6.07) is 11.5. The number of furan rings is 1. The molecule has 0 aliphatic rings. The van der Waals surface area contributed by atoms with Crippen molar-refractivity contribution in [1.29, 1.82) is 0 Å². The number of amides is 1. The van der Waals surface area contributed by atoms with Crippen molar-refractivity contribution < 1.29 is 9.21 Å². The summed E-state index contributed by atoms with van der Waals surface area (Å²) in [5.41, 5.74) is 4.44. The number of nitrogens with zero attached hydrogens (tertiary/aromatic N) is 3. The second-order valence-electron chi connectivity index (χ2n) is 4.92. The van der Waals surface area contributed by atoms with Gasteiger partial charge in [-0.25, -0.2) is 10.4 Å². The molecule has 24 heavy (non-hydrogen) atoms. The molecule has 1 amide bonds. The van der Waals surface area contributed by atoms with Crippen molar-refractivity contribution in [3.8, 4) is 0 Å². The summed E-state index contributed by atoms with van der Waals surface area (Å²) in [5.74, 6) is 0.788. The zero-order valence-corrected chi connectivity index (χ0v) is 13.9. The number of aromatic nitrogens is 2.